The quantitative estimate of drug-likeness (QED) is 0.818. The van der Waals surface area contributed by atoms with E-state index in [0.29, 0.717) is 33.0 Å². The van der Waals surface area contributed by atoms with Crippen molar-refractivity contribution in [1.82, 2.24) is 0 Å². The average molecular weight is 370 g/mol. The summed E-state index contributed by atoms with van der Waals surface area (Å²) in [6.45, 7) is 1.62. The number of hydrogen-bond donors (Lipinski definition) is 1. The van der Waals surface area contributed by atoms with Crippen molar-refractivity contribution in [2.45, 2.75) is 13.0 Å². The van der Waals surface area contributed by atoms with Crippen molar-refractivity contribution in [2.75, 3.05) is 19.5 Å². The molecule has 0 aliphatic rings. The van der Waals surface area contributed by atoms with Crippen molar-refractivity contribution >= 4 is 34.8 Å². The van der Waals surface area contributed by atoms with Gasteiger partial charge in [-0.25, -0.2) is 0 Å². The summed E-state index contributed by atoms with van der Waals surface area (Å²) >= 11 is 12.1. The predicted octanol–water partition coefficient (Wildman–Crippen LogP) is 4.42. The van der Waals surface area contributed by atoms with Gasteiger partial charge in [0.2, 0.25) is 0 Å². The van der Waals surface area contributed by atoms with Gasteiger partial charge in [0.15, 0.2) is 6.10 Å². The number of benzene rings is 2. The molecular weight excluding hydrogens is 353 g/mol. The lowest BCUT2D eigenvalue weighted by Gasteiger charge is -2.17. The Morgan fingerprint density at radius 3 is 2.29 bits per heavy atom. The van der Waals surface area contributed by atoms with E-state index in [0.717, 1.165) is 0 Å². The summed E-state index contributed by atoms with van der Waals surface area (Å²) in [6.07, 6.45) is -0.767. The molecule has 0 heterocycles. The maximum absolute atomic E-state index is 12.4. The van der Waals surface area contributed by atoms with Crippen LogP contribution in [0.5, 0.6) is 17.2 Å². The second kappa shape index (κ2) is 8.13. The first kappa shape index (κ1) is 18.2. The molecule has 5 nitrogen and oxygen atoms in total. The highest BCUT2D eigenvalue weighted by atomic mass is 35.5. The Balaban J connectivity index is 2.15. The van der Waals surface area contributed by atoms with Crippen LogP contribution in [0.25, 0.3) is 0 Å². The zero-order chi connectivity index (χ0) is 17.7. The van der Waals surface area contributed by atoms with Crippen LogP contribution >= 0.6 is 23.2 Å². The molecule has 128 valence electrons. The number of anilines is 1. The van der Waals surface area contributed by atoms with Crippen molar-refractivity contribution in [3.63, 3.8) is 0 Å². The van der Waals surface area contributed by atoms with Crippen LogP contribution in [0.2, 0.25) is 10.0 Å². The molecule has 0 aromatic heterocycles. The monoisotopic (exact) mass is 369 g/mol. The predicted molar refractivity (Wildman–Crippen MR) is 94.7 cm³/mol. The molecule has 1 atom stereocenters. The smallest absolute Gasteiger partial charge is 0.265 e. The minimum atomic E-state index is -0.767. The number of rotatable bonds is 6. The highest BCUT2D eigenvalue weighted by Crippen LogP contribution is 2.36. The van der Waals surface area contributed by atoms with Gasteiger partial charge in [0, 0.05) is 12.1 Å². The Morgan fingerprint density at radius 2 is 1.67 bits per heavy atom. The molecule has 0 saturated heterocycles. The largest absolute Gasteiger partial charge is 0.495 e. The van der Waals surface area contributed by atoms with E-state index in [4.69, 9.17) is 37.4 Å². The number of carbonyl (C=O) groups excluding carboxylic acids is 1. The third-order valence-electron chi connectivity index (χ3n) is 3.24. The van der Waals surface area contributed by atoms with Crippen LogP contribution in [0.3, 0.4) is 0 Å². The van der Waals surface area contributed by atoms with Crippen molar-refractivity contribution in [3.8, 4) is 17.2 Å². The lowest BCUT2D eigenvalue weighted by atomic mass is 10.2. The highest BCUT2D eigenvalue weighted by molar-refractivity contribution is 6.32. The number of ether oxygens (including phenoxy) is 3. The third kappa shape index (κ3) is 4.24. The van der Waals surface area contributed by atoms with Gasteiger partial charge in [0.1, 0.15) is 17.2 Å². The van der Waals surface area contributed by atoms with Gasteiger partial charge >= 0.3 is 0 Å². The molecule has 7 heteroatoms. The third-order valence-corrected chi connectivity index (χ3v) is 3.85. The number of amides is 1. The minimum Gasteiger partial charge on any atom is -0.495 e. The fraction of sp³-hybridized carbons (Fsp3) is 0.235. The molecule has 1 amide bonds. The zero-order valence-corrected chi connectivity index (χ0v) is 14.9. The van der Waals surface area contributed by atoms with Crippen molar-refractivity contribution < 1.29 is 19.0 Å². The van der Waals surface area contributed by atoms with Crippen LogP contribution in [0.1, 0.15) is 6.92 Å². The van der Waals surface area contributed by atoms with Crippen LogP contribution in [0.4, 0.5) is 5.69 Å². The van der Waals surface area contributed by atoms with E-state index in [-0.39, 0.29) is 5.91 Å². The van der Waals surface area contributed by atoms with Crippen molar-refractivity contribution in [2.24, 2.45) is 0 Å². The number of para-hydroxylation sites is 1. The summed E-state index contributed by atoms with van der Waals surface area (Å²) in [5, 5.41) is 3.55. The van der Waals surface area contributed by atoms with Crippen molar-refractivity contribution in [1.29, 1.82) is 0 Å². The topological polar surface area (TPSA) is 56.8 Å². The normalized spacial score (nSPS) is 11.5. The molecule has 24 heavy (non-hydrogen) atoms. The summed E-state index contributed by atoms with van der Waals surface area (Å²) < 4.78 is 16.0. The van der Waals surface area contributed by atoms with Gasteiger partial charge in [-0.2, -0.15) is 0 Å². The van der Waals surface area contributed by atoms with Gasteiger partial charge in [-0.15, -0.1) is 0 Å². The Hall–Kier alpha value is -2.11. The Kier molecular flexibility index (Phi) is 6.17. The van der Waals surface area contributed by atoms with Gasteiger partial charge in [-0.05, 0) is 19.1 Å². The molecule has 0 spiro atoms. The first-order valence-electron chi connectivity index (χ1n) is 7.09. The minimum absolute atomic E-state index is 0.363. The molecule has 0 fully saturated rings. The lowest BCUT2D eigenvalue weighted by Crippen LogP contribution is -2.30. The summed E-state index contributed by atoms with van der Waals surface area (Å²) in [5.41, 5.74) is 0.429. The molecule has 0 radical (unpaired) electrons. The average Bonchev–Trinajstić information content (AvgIpc) is 2.57. The van der Waals surface area contributed by atoms with Crippen LogP contribution < -0.4 is 19.5 Å². The first-order valence-corrected chi connectivity index (χ1v) is 7.85. The van der Waals surface area contributed by atoms with Gasteiger partial charge < -0.3 is 19.5 Å². The standard InChI is InChI=1S/C17H17Cl2NO4/c1-10(24-14-7-5-4-6-11(14)18)17(21)20-13-9-15(22-2)12(19)8-16(13)23-3/h4-10H,1-3H3,(H,20,21)/t10-/m0/s1. The highest BCUT2D eigenvalue weighted by Gasteiger charge is 2.19. The molecule has 0 saturated carbocycles. The van der Waals surface area contributed by atoms with Crippen LogP contribution in [-0.2, 0) is 4.79 Å². The molecule has 2 rings (SSSR count). The zero-order valence-electron chi connectivity index (χ0n) is 13.4. The molecule has 0 aliphatic heterocycles. The van der Waals surface area contributed by atoms with E-state index in [1.54, 1.807) is 43.3 Å². The lowest BCUT2D eigenvalue weighted by molar-refractivity contribution is -0.122. The van der Waals surface area contributed by atoms with E-state index < -0.39 is 6.10 Å². The van der Waals surface area contributed by atoms with Gasteiger partial charge in [-0.3, -0.25) is 4.79 Å². The number of halogens is 2. The van der Waals surface area contributed by atoms with Gasteiger partial charge in [0.25, 0.3) is 5.91 Å². The van der Waals surface area contributed by atoms with E-state index in [1.807, 2.05) is 0 Å². The molecular formula is C17H17Cl2NO4. The van der Waals surface area contributed by atoms with Crippen LogP contribution in [-0.4, -0.2) is 26.2 Å². The Labute approximate surface area is 150 Å². The summed E-state index contributed by atoms with van der Waals surface area (Å²) in [7, 11) is 2.97. The van der Waals surface area contributed by atoms with E-state index in [1.165, 1.54) is 14.2 Å². The fourth-order valence-electron chi connectivity index (χ4n) is 1.98. The Bertz CT molecular complexity index is 737. The first-order chi connectivity index (χ1) is 11.5. The second-order valence-electron chi connectivity index (χ2n) is 4.87. The molecule has 2 aromatic carbocycles. The molecule has 1 N–H and O–H groups in total. The van der Waals surface area contributed by atoms with E-state index in [9.17, 15) is 4.79 Å². The van der Waals surface area contributed by atoms with Gasteiger partial charge in [-0.1, -0.05) is 35.3 Å². The number of nitrogens with one attached hydrogen (secondary N) is 1. The summed E-state index contributed by atoms with van der Waals surface area (Å²) in [6, 6.07) is 10.1. The maximum Gasteiger partial charge on any atom is 0.265 e. The molecule has 0 unspecified atom stereocenters. The summed E-state index contributed by atoms with van der Waals surface area (Å²) in [5.74, 6) is 0.909. The molecule has 2 aromatic rings. The number of methoxy groups -OCH3 is 2. The van der Waals surface area contributed by atoms with Crippen LogP contribution in [0.15, 0.2) is 36.4 Å². The van der Waals surface area contributed by atoms with Crippen LogP contribution in [0, 0.1) is 0 Å². The molecule has 0 aliphatic carbocycles. The van der Waals surface area contributed by atoms with E-state index in [2.05, 4.69) is 5.32 Å². The van der Waals surface area contributed by atoms with Crippen molar-refractivity contribution in [3.05, 3.63) is 46.4 Å². The molecule has 0 bridgehead atoms. The fourth-order valence-corrected chi connectivity index (χ4v) is 2.39. The van der Waals surface area contributed by atoms with Gasteiger partial charge in [0.05, 0.1) is 30.0 Å². The Morgan fingerprint density at radius 1 is 1.00 bits per heavy atom. The number of carbonyl (C=O) groups is 1. The van der Waals surface area contributed by atoms with E-state index >= 15 is 0 Å². The maximum atomic E-state index is 12.4. The SMILES string of the molecule is COc1cc(NC(=O)[C@H](C)Oc2ccccc2Cl)c(OC)cc1Cl. The second-order valence-corrected chi connectivity index (χ2v) is 5.68. The number of hydrogen-bond acceptors (Lipinski definition) is 4. The summed E-state index contributed by atoms with van der Waals surface area (Å²) in [4.78, 5) is 12.4.